The first-order valence-corrected chi connectivity index (χ1v) is 11.3. The molecule has 0 fully saturated rings. The van der Waals surface area contributed by atoms with E-state index < -0.39 is 0 Å². The van der Waals surface area contributed by atoms with E-state index >= 15 is 0 Å². The van der Waals surface area contributed by atoms with E-state index in [9.17, 15) is 0 Å². The molecule has 0 spiro atoms. The largest absolute Gasteiger partial charge is 0.486 e. The summed E-state index contributed by atoms with van der Waals surface area (Å²) in [6.07, 6.45) is 12.7. The van der Waals surface area contributed by atoms with Crippen molar-refractivity contribution in [2.75, 3.05) is 0 Å². The number of hydrogen-bond donors (Lipinski definition) is 0. The van der Waals surface area contributed by atoms with Gasteiger partial charge in [-0.2, -0.15) is 0 Å². The fourth-order valence-electron chi connectivity index (χ4n) is 3.54. The third-order valence-electron chi connectivity index (χ3n) is 5.76. The van der Waals surface area contributed by atoms with Gasteiger partial charge < -0.3 is 9.47 Å². The van der Waals surface area contributed by atoms with Gasteiger partial charge in [-0.15, -0.1) is 0 Å². The number of benzene rings is 2. The number of aryl methyl sites for hydroxylation is 3. The molecule has 1 radical (unpaired) electrons. The highest BCUT2D eigenvalue weighted by Gasteiger charge is 2.11. The van der Waals surface area contributed by atoms with Crippen molar-refractivity contribution in [2.45, 2.75) is 60.5 Å². The zero-order valence-corrected chi connectivity index (χ0v) is 20.2. The molecule has 1 atom stereocenters. The summed E-state index contributed by atoms with van der Waals surface area (Å²) in [5.74, 6) is 2.93. The molecule has 2 aromatic rings. The highest BCUT2D eigenvalue weighted by Crippen LogP contribution is 2.26. The minimum atomic E-state index is 0.185. The quantitative estimate of drug-likeness (QED) is 0.490. The molecule has 2 heteroatoms. The van der Waals surface area contributed by atoms with Crippen LogP contribution in [0.2, 0.25) is 0 Å². The Hall–Kier alpha value is -3.00. The van der Waals surface area contributed by atoms with E-state index in [0.29, 0.717) is 0 Å². The molecule has 2 aliphatic rings. The second kappa shape index (κ2) is 11.0. The molecule has 32 heavy (non-hydrogen) atoms. The molecule has 0 aromatic heterocycles. The summed E-state index contributed by atoms with van der Waals surface area (Å²) in [7, 11) is 0. The van der Waals surface area contributed by atoms with E-state index in [1.807, 2.05) is 12.1 Å². The van der Waals surface area contributed by atoms with E-state index in [4.69, 9.17) is 9.47 Å². The molecule has 0 aliphatic heterocycles. The van der Waals surface area contributed by atoms with Crippen molar-refractivity contribution in [1.82, 2.24) is 0 Å². The molecule has 1 unspecified atom stereocenters. The second-order valence-electron chi connectivity index (χ2n) is 8.82. The summed E-state index contributed by atoms with van der Waals surface area (Å²) >= 11 is 0. The van der Waals surface area contributed by atoms with Crippen LogP contribution in [0.15, 0.2) is 89.2 Å². The first-order valence-electron chi connectivity index (χ1n) is 11.3. The smallest absolute Gasteiger partial charge is 0.126 e. The highest BCUT2D eigenvalue weighted by molar-refractivity contribution is 5.37. The number of rotatable bonds is 4. The van der Waals surface area contributed by atoms with Crippen LogP contribution in [0, 0.1) is 27.2 Å². The van der Waals surface area contributed by atoms with Crippen LogP contribution < -0.4 is 9.47 Å². The standard InChI is InChI=1S/C15H17O.C15H18O/c1-11-4-7-14(8-5-11)16-15-9-6-12(2)13(3)10-15;1-11-4-7-14(8-5-11)16-15-9-6-12(2)10-13(15)3/h4-9H,10H2,1-3H3;4-7,9-10,14H,8H2,1-3H3. The Labute approximate surface area is 194 Å². The Balaban J connectivity index is 0.000000181. The molecule has 2 aromatic carbocycles. The lowest BCUT2D eigenvalue weighted by molar-refractivity contribution is 0.249. The van der Waals surface area contributed by atoms with Crippen molar-refractivity contribution in [2.24, 2.45) is 0 Å². The molecule has 167 valence electrons. The van der Waals surface area contributed by atoms with Gasteiger partial charge >= 0.3 is 0 Å². The number of allylic oxidation sites excluding steroid dienone is 5. The topological polar surface area (TPSA) is 18.5 Å². The van der Waals surface area contributed by atoms with E-state index in [-0.39, 0.29) is 6.10 Å². The van der Waals surface area contributed by atoms with E-state index in [1.54, 1.807) is 0 Å². The minimum Gasteiger partial charge on any atom is -0.486 e. The van der Waals surface area contributed by atoms with Gasteiger partial charge in [0.05, 0.1) is 0 Å². The molecule has 0 saturated heterocycles. The first-order chi connectivity index (χ1) is 15.3. The number of hydrogen-bond acceptors (Lipinski definition) is 2. The maximum atomic E-state index is 5.96. The van der Waals surface area contributed by atoms with Crippen LogP contribution >= 0.6 is 0 Å². The number of ether oxygens (including phenoxy) is 2. The SMILES string of the molecule is CC1=C(C)CC(Oc2ccc(C)cc2)=C[CH]1.CC1=CCC(Oc2ccc(C)cc2C)C=C1. The van der Waals surface area contributed by atoms with Crippen LogP contribution in [0.25, 0.3) is 0 Å². The average molecular weight is 428 g/mol. The van der Waals surface area contributed by atoms with Crippen molar-refractivity contribution in [1.29, 1.82) is 0 Å². The van der Waals surface area contributed by atoms with Crippen molar-refractivity contribution in [3.8, 4) is 11.5 Å². The minimum absolute atomic E-state index is 0.185. The Morgan fingerprint density at radius 1 is 0.844 bits per heavy atom. The van der Waals surface area contributed by atoms with Gasteiger partial charge in [0.1, 0.15) is 23.4 Å². The van der Waals surface area contributed by atoms with Gasteiger partial charge in [0.2, 0.25) is 0 Å². The lowest BCUT2D eigenvalue weighted by atomic mass is 9.98. The summed E-state index contributed by atoms with van der Waals surface area (Å²) < 4.78 is 11.8. The fraction of sp³-hybridized carbons (Fsp3) is 0.300. The molecular weight excluding hydrogens is 392 g/mol. The van der Waals surface area contributed by atoms with Crippen LogP contribution in [-0.2, 0) is 0 Å². The summed E-state index contributed by atoms with van der Waals surface area (Å²) in [5.41, 5.74) is 7.78. The molecule has 0 N–H and O–H groups in total. The van der Waals surface area contributed by atoms with Gasteiger partial charge in [-0.1, -0.05) is 64.3 Å². The van der Waals surface area contributed by atoms with Crippen LogP contribution in [-0.4, -0.2) is 6.10 Å². The molecule has 0 bridgehead atoms. The van der Waals surface area contributed by atoms with Crippen molar-refractivity contribution in [3.05, 3.63) is 112 Å². The highest BCUT2D eigenvalue weighted by atomic mass is 16.5. The van der Waals surface area contributed by atoms with Gasteiger partial charge in [-0.25, -0.2) is 0 Å². The van der Waals surface area contributed by atoms with Gasteiger partial charge in [0.15, 0.2) is 0 Å². The van der Waals surface area contributed by atoms with E-state index in [0.717, 1.165) is 30.1 Å². The molecule has 4 rings (SSSR count). The first kappa shape index (κ1) is 23.7. The Kier molecular flexibility index (Phi) is 8.16. The fourth-order valence-corrected chi connectivity index (χ4v) is 3.54. The van der Waals surface area contributed by atoms with Crippen molar-refractivity contribution >= 4 is 0 Å². The molecule has 0 heterocycles. The van der Waals surface area contributed by atoms with E-state index in [1.165, 1.54) is 33.4 Å². The summed E-state index contributed by atoms with van der Waals surface area (Å²) in [4.78, 5) is 0. The van der Waals surface area contributed by atoms with Crippen LogP contribution in [0.4, 0.5) is 0 Å². The maximum absolute atomic E-state index is 5.96. The molecule has 2 nitrogen and oxygen atoms in total. The van der Waals surface area contributed by atoms with Gasteiger partial charge in [0, 0.05) is 19.3 Å². The van der Waals surface area contributed by atoms with Gasteiger partial charge in [0.25, 0.3) is 0 Å². The second-order valence-corrected chi connectivity index (χ2v) is 8.82. The Bertz CT molecular complexity index is 1050. The predicted molar refractivity (Wildman–Crippen MR) is 135 cm³/mol. The summed E-state index contributed by atoms with van der Waals surface area (Å²) in [6, 6.07) is 14.5. The third-order valence-corrected chi connectivity index (χ3v) is 5.76. The normalized spacial score (nSPS) is 17.8. The predicted octanol–water partition coefficient (Wildman–Crippen LogP) is 8.16. The summed E-state index contributed by atoms with van der Waals surface area (Å²) in [6.45, 7) is 12.7. The lowest BCUT2D eigenvalue weighted by Crippen LogP contribution is -2.15. The molecular formula is C30H35O2. The zero-order chi connectivity index (χ0) is 23.1. The summed E-state index contributed by atoms with van der Waals surface area (Å²) in [5, 5.41) is 0. The molecule has 0 amide bonds. The Morgan fingerprint density at radius 3 is 2.19 bits per heavy atom. The third kappa shape index (κ3) is 7.02. The van der Waals surface area contributed by atoms with Crippen molar-refractivity contribution in [3.63, 3.8) is 0 Å². The van der Waals surface area contributed by atoms with E-state index in [2.05, 4.69) is 103 Å². The monoisotopic (exact) mass is 427 g/mol. The van der Waals surface area contributed by atoms with Gasteiger partial charge in [-0.05, 0) is 77.5 Å². The van der Waals surface area contributed by atoms with Crippen LogP contribution in [0.3, 0.4) is 0 Å². The molecule has 2 aliphatic carbocycles. The molecule has 0 saturated carbocycles. The van der Waals surface area contributed by atoms with Crippen LogP contribution in [0.5, 0.6) is 11.5 Å². The maximum Gasteiger partial charge on any atom is 0.126 e. The van der Waals surface area contributed by atoms with Gasteiger partial charge in [-0.3, -0.25) is 0 Å². The van der Waals surface area contributed by atoms with Crippen LogP contribution in [0.1, 0.15) is 50.3 Å². The lowest BCUT2D eigenvalue weighted by Gasteiger charge is -2.18. The average Bonchev–Trinajstić information content (AvgIpc) is 2.76. The zero-order valence-electron chi connectivity index (χ0n) is 20.2. The Morgan fingerprint density at radius 2 is 1.56 bits per heavy atom. The van der Waals surface area contributed by atoms with Crippen molar-refractivity contribution < 1.29 is 9.47 Å².